The van der Waals surface area contributed by atoms with Gasteiger partial charge in [-0.15, -0.1) is 0 Å². The van der Waals surface area contributed by atoms with Crippen LogP contribution in [-0.2, 0) is 26.1 Å². The van der Waals surface area contributed by atoms with E-state index in [9.17, 15) is 21.6 Å². The van der Waals surface area contributed by atoms with Gasteiger partial charge in [-0.1, -0.05) is 84.4 Å². The number of ketones is 1. The predicted molar refractivity (Wildman–Crippen MR) is 264 cm³/mol. The maximum atomic E-state index is 13.6. The molecule has 0 bridgehead atoms. The number of aryl methyl sites for hydroxylation is 2. The van der Waals surface area contributed by atoms with Gasteiger partial charge in [-0.05, 0) is 188 Å². The van der Waals surface area contributed by atoms with Crippen molar-refractivity contribution in [1.82, 2.24) is 0 Å². The fraction of sp³-hybridized carbons (Fsp3) is 0.0517. The number of hydrogen-bond donors (Lipinski definition) is 0. The Morgan fingerprint density at radius 2 is 0.735 bits per heavy atom. The highest BCUT2D eigenvalue weighted by atomic mass is 32.2. The highest BCUT2D eigenvalue weighted by Crippen LogP contribution is 2.32. The Hall–Kier alpha value is -8.05. The molecule has 0 aliphatic carbocycles. The van der Waals surface area contributed by atoms with Gasteiger partial charge >= 0.3 is 0 Å². The summed E-state index contributed by atoms with van der Waals surface area (Å²) in [6.07, 6.45) is 0.517. The van der Waals surface area contributed by atoms with Crippen molar-refractivity contribution >= 4 is 25.5 Å². The number of ether oxygens (including phenoxy) is 3. The van der Waals surface area contributed by atoms with Crippen LogP contribution in [0, 0.1) is 13.8 Å². The van der Waals surface area contributed by atoms with E-state index in [2.05, 4.69) is 0 Å². The van der Waals surface area contributed by atoms with Crippen LogP contribution >= 0.6 is 0 Å². The highest BCUT2D eigenvalue weighted by Gasteiger charge is 2.20. The fourth-order valence-corrected chi connectivity index (χ4v) is 10.1. The zero-order chi connectivity index (χ0) is 47.3. The molecule has 0 radical (unpaired) electrons. The van der Waals surface area contributed by atoms with E-state index in [0.717, 1.165) is 39.1 Å². The minimum absolute atomic E-state index is 0.0870. The van der Waals surface area contributed by atoms with Gasteiger partial charge in [0.15, 0.2) is 5.78 Å². The second-order valence-corrected chi connectivity index (χ2v) is 20.2. The molecule has 0 saturated carbocycles. The van der Waals surface area contributed by atoms with E-state index < -0.39 is 19.7 Å². The third kappa shape index (κ3) is 10.3. The molecule has 0 spiro atoms. The minimum Gasteiger partial charge on any atom is -0.457 e. The van der Waals surface area contributed by atoms with Gasteiger partial charge in [0, 0.05) is 11.1 Å². The Morgan fingerprint density at radius 3 is 1.18 bits per heavy atom. The number of carbonyl (C=O) groups excluding carboxylic acids is 1. The lowest BCUT2D eigenvalue weighted by Gasteiger charge is -2.11. The van der Waals surface area contributed by atoms with Crippen molar-refractivity contribution in [1.29, 1.82) is 0 Å². The molecule has 10 heteroatoms. The molecule has 0 saturated heterocycles. The number of rotatable bonds is 15. The summed E-state index contributed by atoms with van der Waals surface area (Å²) in [6, 6.07) is 63.8. The first kappa shape index (κ1) is 45.1. The van der Waals surface area contributed by atoms with Gasteiger partial charge in [-0.3, -0.25) is 4.79 Å². The van der Waals surface area contributed by atoms with Crippen LogP contribution in [0.2, 0.25) is 0 Å². The van der Waals surface area contributed by atoms with E-state index in [1.54, 1.807) is 109 Å². The number of sulfone groups is 2. The third-order valence-corrected chi connectivity index (χ3v) is 15.0. The second kappa shape index (κ2) is 19.4. The van der Waals surface area contributed by atoms with Crippen LogP contribution in [0.25, 0.3) is 11.1 Å². The van der Waals surface area contributed by atoms with Crippen molar-refractivity contribution in [3.8, 4) is 45.6 Å². The SMILES string of the molecule is Cc1ccc(S(=O)(=O)c2ccc(Oc3ccc(-c4ccc(Oc5ccc(S(=O)(=O)c6ccc(Cc7ccc(C)c(C(=O)c8ccc(Oc9ccccc9)cc8)c7)cc6)cc5)cc4)cc3)cc2)cc1. The summed E-state index contributed by atoms with van der Waals surface area (Å²) in [7, 11) is -7.44. The van der Waals surface area contributed by atoms with Crippen molar-refractivity contribution < 1.29 is 35.8 Å². The largest absolute Gasteiger partial charge is 0.457 e. The summed E-state index contributed by atoms with van der Waals surface area (Å²) < 4.78 is 71.3. The monoisotopic (exact) mass is 932 g/mol. The minimum atomic E-state index is -3.81. The van der Waals surface area contributed by atoms with Gasteiger partial charge in [-0.25, -0.2) is 16.8 Å². The molecule has 0 atom stereocenters. The summed E-state index contributed by atoms with van der Waals surface area (Å²) in [6.45, 7) is 3.82. The van der Waals surface area contributed by atoms with Crippen LogP contribution in [0.15, 0.2) is 238 Å². The van der Waals surface area contributed by atoms with Crippen LogP contribution in [0.3, 0.4) is 0 Å². The summed E-state index contributed by atoms with van der Waals surface area (Å²) in [5, 5.41) is 0. The molecule has 9 aromatic carbocycles. The Morgan fingerprint density at radius 1 is 0.382 bits per heavy atom. The molecule has 0 N–H and O–H groups in total. The summed E-state index contributed by atoms with van der Waals surface area (Å²) in [5.74, 6) is 3.45. The summed E-state index contributed by atoms with van der Waals surface area (Å²) in [4.78, 5) is 14.3. The second-order valence-electron chi connectivity index (χ2n) is 16.3. The first-order valence-electron chi connectivity index (χ1n) is 21.8. The molecule has 0 unspecified atom stereocenters. The molecule has 8 nitrogen and oxygen atoms in total. The van der Waals surface area contributed by atoms with Crippen LogP contribution in [-0.4, -0.2) is 22.6 Å². The maximum Gasteiger partial charge on any atom is 0.206 e. The Labute approximate surface area is 396 Å². The zero-order valence-corrected chi connectivity index (χ0v) is 38.7. The quantitative estimate of drug-likeness (QED) is 0.0934. The zero-order valence-electron chi connectivity index (χ0n) is 37.1. The van der Waals surface area contributed by atoms with E-state index in [4.69, 9.17) is 14.2 Å². The summed E-state index contributed by atoms with van der Waals surface area (Å²) >= 11 is 0. The van der Waals surface area contributed by atoms with E-state index in [0.29, 0.717) is 46.3 Å². The average Bonchev–Trinajstić information content (AvgIpc) is 3.36. The van der Waals surface area contributed by atoms with Gasteiger partial charge < -0.3 is 14.2 Å². The highest BCUT2D eigenvalue weighted by molar-refractivity contribution is 7.91. The Bertz CT molecular complexity index is 3430. The predicted octanol–water partition coefficient (Wildman–Crippen LogP) is 13.8. The first-order valence-corrected chi connectivity index (χ1v) is 24.7. The van der Waals surface area contributed by atoms with Crippen molar-refractivity contribution in [3.63, 3.8) is 0 Å². The van der Waals surface area contributed by atoms with E-state index >= 15 is 0 Å². The van der Waals surface area contributed by atoms with Crippen LogP contribution in [0.4, 0.5) is 0 Å². The van der Waals surface area contributed by atoms with E-state index in [1.165, 1.54) is 12.1 Å². The number of carbonyl (C=O) groups is 1. The lowest BCUT2D eigenvalue weighted by Crippen LogP contribution is -2.05. The molecule has 9 aromatic rings. The standard InChI is InChI=1S/C58H44O8S2/c1-40-8-30-53(31-9-40)67(60,61)55-34-26-51(27-35-55)65-48-20-14-44(15-21-48)45-16-22-49(23-17-45)66-52-28-36-56(37-29-52)68(62,63)54-32-12-42(13-33-54)38-43-11-10-41(2)57(39-43)58(59)46-18-24-50(25-19-46)64-47-6-4-3-5-7-47/h3-37,39H,38H2,1-2H3. The fourth-order valence-electron chi connectivity index (χ4n) is 7.57. The number of benzene rings is 9. The average molecular weight is 933 g/mol. The molecular weight excluding hydrogens is 889 g/mol. The van der Waals surface area contributed by atoms with Gasteiger partial charge in [0.2, 0.25) is 19.7 Å². The van der Waals surface area contributed by atoms with Gasteiger partial charge in [0.25, 0.3) is 0 Å². The molecule has 0 heterocycles. The van der Waals surface area contributed by atoms with Gasteiger partial charge in [-0.2, -0.15) is 0 Å². The normalized spacial score (nSPS) is 11.4. The third-order valence-electron chi connectivity index (χ3n) is 11.4. The maximum absolute atomic E-state index is 13.6. The lowest BCUT2D eigenvalue weighted by atomic mass is 9.95. The topological polar surface area (TPSA) is 113 Å². The molecular formula is C58H44O8S2. The Kier molecular flexibility index (Phi) is 12.9. The summed E-state index contributed by atoms with van der Waals surface area (Å²) in [5.41, 5.74) is 6.76. The molecule has 9 rings (SSSR count). The molecule has 0 amide bonds. The number of hydrogen-bond acceptors (Lipinski definition) is 8. The van der Waals surface area contributed by atoms with Crippen molar-refractivity contribution in [2.24, 2.45) is 0 Å². The van der Waals surface area contributed by atoms with Crippen molar-refractivity contribution in [3.05, 3.63) is 252 Å². The van der Waals surface area contributed by atoms with Crippen LogP contribution in [0.5, 0.6) is 34.5 Å². The molecule has 68 heavy (non-hydrogen) atoms. The number of para-hydroxylation sites is 1. The smallest absolute Gasteiger partial charge is 0.206 e. The van der Waals surface area contributed by atoms with E-state index in [1.807, 2.05) is 111 Å². The molecule has 336 valence electrons. The molecule has 0 aliphatic rings. The molecule has 0 aromatic heterocycles. The van der Waals surface area contributed by atoms with Gasteiger partial charge in [0.1, 0.15) is 34.5 Å². The first-order chi connectivity index (χ1) is 32.9. The van der Waals surface area contributed by atoms with Crippen LogP contribution in [0.1, 0.15) is 38.2 Å². The molecule has 0 fully saturated rings. The molecule has 0 aliphatic heterocycles. The van der Waals surface area contributed by atoms with Crippen LogP contribution < -0.4 is 14.2 Å². The van der Waals surface area contributed by atoms with Gasteiger partial charge in [0.05, 0.1) is 19.6 Å². The van der Waals surface area contributed by atoms with E-state index in [-0.39, 0.29) is 25.4 Å². The van der Waals surface area contributed by atoms with Crippen molar-refractivity contribution in [2.45, 2.75) is 39.9 Å². The Balaban J connectivity index is 0.782. The van der Waals surface area contributed by atoms with Crippen molar-refractivity contribution in [2.75, 3.05) is 0 Å². The lowest BCUT2D eigenvalue weighted by molar-refractivity contribution is 0.103.